The Morgan fingerprint density at radius 1 is 1.42 bits per heavy atom. The van der Waals surface area contributed by atoms with Gasteiger partial charge in [0.15, 0.2) is 0 Å². The van der Waals surface area contributed by atoms with Gasteiger partial charge in [-0.25, -0.2) is 4.98 Å². The molecule has 19 heavy (non-hydrogen) atoms. The van der Waals surface area contributed by atoms with Gasteiger partial charge in [0.2, 0.25) is 5.91 Å². The molecule has 2 N–H and O–H groups in total. The van der Waals surface area contributed by atoms with E-state index in [4.69, 9.17) is 5.73 Å². The summed E-state index contributed by atoms with van der Waals surface area (Å²) < 4.78 is 0. The average molecular weight is 262 g/mol. The van der Waals surface area contributed by atoms with Crippen molar-refractivity contribution in [3.8, 4) is 0 Å². The first kappa shape index (κ1) is 13.3. The molecule has 0 aromatic carbocycles. The Bertz CT molecular complexity index is 527. The van der Waals surface area contributed by atoms with Crippen LogP contribution in [0.15, 0.2) is 18.3 Å². The van der Waals surface area contributed by atoms with Crippen LogP contribution >= 0.6 is 0 Å². The lowest BCUT2D eigenvalue weighted by molar-refractivity contribution is -0.144. The molecule has 0 spiro atoms. The van der Waals surface area contributed by atoms with Gasteiger partial charge in [0.25, 0.3) is 5.91 Å². The third-order valence-corrected chi connectivity index (χ3v) is 3.52. The molecule has 0 bridgehead atoms. The maximum absolute atomic E-state index is 12.5. The van der Waals surface area contributed by atoms with Crippen molar-refractivity contribution in [1.82, 2.24) is 14.8 Å². The maximum atomic E-state index is 12.5. The SMILES string of the molecule is CN1CCN(C(=O)c2cccnc2N)C(C)(C)C1=O. The Morgan fingerprint density at radius 2 is 2.11 bits per heavy atom. The molecular formula is C13H18N4O2. The van der Waals surface area contributed by atoms with E-state index >= 15 is 0 Å². The zero-order chi connectivity index (χ0) is 14.2. The number of likely N-dealkylation sites (N-methyl/N-ethyl adjacent to an activating group) is 1. The first-order valence-electron chi connectivity index (χ1n) is 6.13. The predicted molar refractivity (Wildman–Crippen MR) is 71.4 cm³/mol. The molecule has 2 amide bonds. The van der Waals surface area contributed by atoms with Crippen molar-refractivity contribution < 1.29 is 9.59 Å². The van der Waals surface area contributed by atoms with Gasteiger partial charge in [0, 0.05) is 26.3 Å². The number of hydrogen-bond donors (Lipinski definition) is 1. The van der Waals surface area contributed by atoms with Crippen LogP contribution in [0, 0.1) is 0 Å². The largest absolute Gasteiger partial charge is 0.383 e. The second-order valence-corrected chi connectivity index (χ2v) is 5.18. The van der Waals surface area contributed by atoms with Gasteiger partial charge in [-0.3, -0.25) is 9.59 Å². The monoisotopic (exact) mass is 262 g/mol. The maximum Gasteiger partial charge on any atom is 0.258 e. The van der Waals surface area contributed by atoms with E-state index in [0.717, 1.165) is 0 Å². The standard InChI is InChI=1S/C13H18N4O2/c1-13(2)12(19)16(3)7-8-17(13)11(18)9-5-4-6-15-10(9)14/h4-6H,7-8H2,1-3H3,(H2,14,15). The molecule has 1 aliphatic rings. The van der Waals surface area contributed by atoms with E-state index in [9.17, 15) is 9.59 Å². The van der Waals surface area contributed by atoms with Gasteiger partial charge in [0.1, 0.15) is 11.4 Å². The molecule has 1 aromatic rings. The number of carbonyl (C=O) groups is 2. The smallest absolute Gasteiger partial charge is 0.258 e. The Morgan fingerprint density at radius 3 is 2.74 bits per heavy atom. The van der Waals surface area contributed by atoms with E-state index in [0.29, 0.717) is 18.7 Å². The van der Waals surface area contributed by atoms with Crippen molar-refractivity contribution >= 4 is 17.6 Å². The number of amides is 2. The van der Waals surface area contributed by atoms with Gasteiger partial charge in [-0.15, -0.1) is 0 Å². The highest BCUT2D eigenvalue weighted by Crippen LogP contribution is 2.24. The van der Waals surface area contributed by atoms with Gasteiger partial charge in [0.05, 0.1) is 5.56 Å². The summed E-state index contributed by atoms with van der Waals surface area (Å²) in [5.74, 6) is -0.138. The molecule has 1 saturated heterocycles. The molecule has 0 saturated carbocycles. The van der Waals surface area contributed by atoms with Crippen molar-refractivity contribution in [3.63, 3.8) is 0 Å². The summed E-state index contributed by atoms with van der Waals surface area (Å²) >= 11 is 0. The fourth-order valence-corrected chi connectivity index (χ4v) is 2.31. The Hall–Kier alpha value is -2.11. The summed E-state index contributed by atoms with van der Waals surface area (Å²) in [7, 11) is 1.74. The zero-order valence-electron chi connectivity index (χ0n) is 11.4. The molecule has 102 valence electrons. The highest BCUT2D eigenvalue weighted by Gasteiger charge is 2.43. The molecule has 0 aliphatic carbocycles. The van der Waals surface area contributed by atoms with Crippen LogP contribution in [0.2, 0.25) is 0 Å². The summed E-state index contributed by atoms with van der Waals surface area (Å²) in [6.07, 6.45) is 1.53. The fraction of sp³-hybridized carbons (Fsp3) is 0.462. The molecule has 2 heterocycles. The number of nitrogens with zero attached hydrogens (tertiary/aromatic N) is 3. The Labute approximate surface area is 112 Å². The second-order valence-electron chi connectivity index (χ2n) is 5.18. The van der Waals surface area contributed by atoms with Crippen LogP contribution < -0.4 is 5.73 Å². The fourth-order valence-electron chi connectivity index (χ4n) is 2.31. The van der Waals surface area contributed by atoms with Crippen LogP contribution in [0.25, 0.3) is 0 Å². The number of rotatable bonds is 1. The molecule has 1 fully saturated rings. The lowest BCUT2D eigenvalue weighted by atomic mass is 9.96. The average Bonchev–Trinajstić information content (AvgIpc) is 2.36. The highest BCUT2D eigenvalue weighted by molar-refractivity contribution is 6.02. The van der Waals surface area contributed by atoms with E-state index in [2.05, 4.69) is 4.98 Å². The lowest BCUT2D eigenvalue weighted by Crippen LogP contribution is -2.63. The van der Waals surface area contributed by atoms with Gasteiger partial charge in [-0.2, -0.15) is 0 Å². The highest BCUT2D eigenvalue weighted by atomic mass is 16.2. The van der Waals surface area contributed by atoms with Gasteiger partial charge in [-0.05, 0) is 26.0 Å². The minimum atomic E-state index is -0.869. The van der Waals surface area contributed by atoms with Crippen molar-refractivity contribution in [2.75, 3.05) is 25.9 Å². The number of piperazine rings is 1. The summed E-state index contributed by atoms with van der Waals surface area (Å²) in [4.78, 5) is 31.8. The number of anilines is 1. The zero-order valence-corrected chi connectivity index (χ0v) is 11.4. The van der Waals surface area contributed by atoms with Crippen molar-refractivity contribution in [3.05, 3.63) is 23.9 Å². The van der Waals surface area contributed by atoms with Crippen LogP contribution in [0.4, 0.5) is 5.82 Å². The van der Waals surface area contributed by atoms with E-state index < -0.39 is 5.54 Å². The molecule has 1 aliphatic heterocycles. The van der Waals surface area contributed by atoms with Gasteiger partial charge >= 0.3 is 0 Å². The van der Waals surface area contributed by atoms with Crippen LogP contribution in [0.3, 0.4) is 0 Å². The summed E-state index contributed by atoms with van der Waals surface area (Å²) in [6, 6.07) is 3.29. The van der Waals surface area contributed by atoms with Crippen LogP contribution in [-0.2, 0) is 4.79 Å². The van der Waals surface area contributed by atoms with Gasteiger partial charge < -0.3 is 15.5 Å². The Balaban J connectivity index is 2.34. The number of nitrogen functional groups attached to an aromatic ring is 1. The molecule has 2 rings (SSSR count). The van der Waals surface area contributed by atoms with E-state index in [1.54, 1.807) is 42.8 Å². The molecule has 6 heteroatoms. The summed E-state index contributed by atoms with van der Waals surface area (Å²) in [6.45, 7) is 4.50. The summed E-state index contributed by atoms with van der Waals surface area (Å²) in [5.41, 5.74) is 5.20. The Kier molecular flexibility index (Phi) is 3.18. The van der Waals surface area contributed by atoms with E-state index in [1.807, 2.05) is 0 Å². The van der Waals surface area contributed by atoms with Crippen molar-refractivity contribution in [2.24, 2.45) is 0 Å². The third-order valence-electron chi connectivity index (χ3n) is 3.52. The first-order chi connectivity index (χ1) is 8.85. The predicted octanol–water partition coefficient (Wildman–Crippen LogP) is 0.357. The minimum Gasteiger partial charge on any atom is -0.383 e. The summed E-state index contributed by atoms with van der Waals surface area (Å²) in [5, 5.41) is 0. The van der Waals surface area contributed by atoms with Gasteiger partial charge in [-0.1, -0.05) is 0 Å². The van der Waals surface area contributed by atoms with Crippen molar-refractivity contribution in [1.29, 1.82) is 0 Å². The molecule has 0 radical (unpaired) electrons. The number of carbonyl (C=O) groups excluding carboxylic acids is 2. The quantitative estimate of drug-likeness (QED) is 0.792. The number of pyridine rings is 1. The number of nitrogens with two attached hydrogens (primary N) is 1. The third kappa shape index (κ3) is 2.14. The van der Waals surface area contributed by atoms with E-state index in [1.165, 1.54) is 6.20 Å². The molecule has 0 atom stereocenters. The minimum absolute atomic E-state index is 0.0745. The normalized spacial score (nSPS) is 18.6. The van der Waals surface area contributed by atoms with Crippen molar-refractivity contribution in [2.45, 2.75) is 19.4 Å². The molecular weight excluding hydrogens is 244 g/mol. The van der Waals surface area contributed by atoms with E-state index in [-0.39, 0.29) is 17.6 Å². The number of hydrogen-bond acceptors (Lipinski definition) is 4. The molecule has 6 nitrogen and oxygen atoms in total. The van der Waals surface area contributed by atoms with Crippen LogP contribution in [0.1, 0.15) is 24.2 Å². The van der Waals surface area contributed by atoms with Crippen LogP contribution in [0.5, 0.6) is 0 Å². The number of aromatic nitrogens is 1. The molecule has 1 aromatic heterocycles. The lowest BCUT2D eigenvalue weighted by Gasteiger charge is -2.44. The molecule has 0 unspecified atom stereocenters. The topological polar surface area (TPSA) is 79.5 Å². The second kappa shape index (κ2) is 4.53. The first-order valence-corrected chi connectivity index (χ1v) is 6.13. The van der Waals surface area contributed by atoms with Crippen LogP contribution in [-0.4, -0.2) is 52.3 Å².